The number of ether oxygens (including phenoxy) is 2. The van der Waals surface area contributed by atoms with Crippen LogP contribution < -0.4 is 0 Å². The summed E-state index contributed by atoms with van der Waals surface area (Å²) >= 11 is 0. The van der Waals surface area contributed by atoms with Crippen molar-refractivity contribution < 1.29 is 14.3 Å². The van der Waals surface area contributed by atoms with Gasteiger partial charge < -0.3 is 9.47 Å². The number of hydrogen-bond acceptors (Lipinski definition) is 4. The molecular weight excluding hydrogens is 304 g/mol. The Kier molecular flexibility index (Phi) is 5.52. The van der Waals surface area contributed by atoms with Crippen LogP contribution in [0.15, 0.2) is 35.3 Å². The summed E-state index contributed by atoms with van der Waals surface area (Å²) in [5.74, 6) is 0.715. The molecule has 0 saturated carbocycles. The van der Waals surface area contributed by atoms with E-state index in [0.29, 0.717) is 5.90 Å². The standard InChI is InChI=1S/C19H28N2O3/c1-13-14(2)21(17(19(3,4)5)20-16(13)23-6)18(22)24-12-15-10-8-7-9-11-15/h7-11,13-14,17H,12H2,1-6H3/t13-,14-,17+/m0/s1. The van der Waals surface area contributed by atoms with Crippen molar-refractivity contribution in [3.8, 4) is 0 Å². The zero-order valence-corrected chi connectivity index (χ0v) is 15.4. The molecule has 24 heavy (non-hydrogen) atoms. The molecule has 5 heteroatoms. The molecule has 1 amide bonds. The van der Waals surface area contributed by atoms with Crippen LogP contribution in [-0.2, 0) is 16.1 Å². The Morgan fingerprint density at radius 1 is 1.21 bits per heavy atom. The third kappa shape index (κ3) is 3.89. The van der Waals surface area contributed by atoms with Gasteiger partial charge in [0.25, 0.3) is 0 Å². The molecule has 1 aromatic rings. The zero-order chi connectivity index (χ0) is 17.9. The zero-order valence-electron chi connectivity index (χ0n) is 15.4. The molecule has 1 aliphatic heterocycles. The van der Waals surface area contributed by atoms with Crippen LogP contribution in [0.4, 0.5) is 4.79 Å². The van der Waals surface area contributed by atoms with Gasteiger partial charge in [0, 0.05) is 11.5 Å². The molecule has 132 valence electrons. The smallest absolute Gasteiger partial charge is 0.412 e. The van der Waals surface area contributed by atoms with Crippen molar-refractivity contribution in [3.63, 3.8) is 0 Å². The lowest BCUT2D eigenvalue weighted by molar-refractivity contribution is 0.0192. The molecule has 2 rings (SSSR count). The van der Waals surface area contributed by atoms with Crippen LogP contribution in [0.2, 0.25) is 0 Å². The van der Waals surface area contributed by atoms with Crippen molar-refractivity contribution in [2.24, 2.45) is 16.3 Å². The second-order valence-corrected chi connectivity index (χ2v) is 7.39. The van der Waals surface area contributed by atoms with Crippen molar-refractivity contribution in [2.75, 3.05) is 7.11 Å². The maximum absolute atomic E-state index is 12.8. The highest BCUT2D eigenvalue weighted by Gasteiger charge is 2.44. The second kappa shape index (κ2) is 7.24. The van der Waals surface area contributed by atoms with Gasteiger partial charge in [0.1, 0.15) is 12.8 Å². The Balaban J connectivity index is 2.21. The number of nitrogens with zero attached hydrogens (tertiary/aromatic N) is 2. The van der Waals surface area contributed by atoms with E-state index in [1.54, 1.807) is 12.0 Å². The van der Waals surface area contributed by atoms with Crippen LogP contribution in [0, 0.1) is 11.3 Å². The maximum Gasteiger partial charge on any atom is 0.412 e. The quantitative estimate of drug-likeness (QED) is 0.820. The molecular formula is C19H28N2O3. The van der Waals surface area contributed by atoms with Crippen LogP contribution in [0.25, 0.3) is 0 Å². The minimum absolute atomic E-state index is 0.0258. The topological polar surface area (TPSA) is 51.1 Å². The first-order valence-electron chi connectivity index (χ1n) is 8.36. The molecule has 0 saturated heterocycles. The van der Waals surface area contributed by atoms with Gasteiger partial charge in [-0.3, -0.25) is 4.90 Å². The first-order valence-corrected chi connectivity index (χ1v) is 8.36. The number of hydrogen-bond donors (Lipinski definition) is 0. The van der Waals surface area contributed by atoms with Crippen LogP contribution in [0.3, 0.4) is 0 Å². The van der Waals surface area contributed by atoms with Gasteiger partial charge in [0.05, 0.1) is 13.0 Å². The van der Waals surface area contributed by atoms with Gasteiger partial charge >= 0.3 is 6.09 Å². The largest absolute Gasteiger partial charge is 0.484 e. The van der Waals surface area contributed by atoms with Gasteiger partial charge in [0.15, 0.2) is 5.90 Å². The average Bonchev–Trinajstić information content (AvgIpc) is 2.54. The van der Waals surface area contributed by atoms with Gasteiger partial charge in [-0.25, -0.2) is 9.79 Å². The van der Waals surface area contributed by atoms with Gasteiger partial charge in [-0.1, -0.05) is 58.0 Å². The SMILES string of the molecule is COC1=N[C@@H](C(C)(C)C)N(C(=O)OCc2ccccc2)[C@@H](C)[C@@H]1C. The van der Waals surface area contributed by atoms with Gasteiger partial charge in [-0.2, -0.15) is 0 Å². The Bertz CT molecular complexity index is 592. The lowest BCUT2D eigenvalue weighted by Gasteiger charge is -2.45. The first-order chi connectivity index (χ1) is 11.3. The van der Waals surface area contributed by atoms with E-state index in [-0.39, 0.29) is 36.2 Å². The molecule has 3 atom stereocenters. The van der Waals surface area contributed by atoms with Gasteiger partial charge in [0.2, 0.25) is 0 Å². The van der Waals surface area contributed by atoms with Gasteiger partial charge in [-0.05, 0) is 12.5 Å². The summed E-state index contributed by atoms with van der Waals surface area (Å²) in [6.45, 7) is 10.5. The fourth-order valence-electron chi connectivity index (χ4n) is 2.88. The van der Waals surface area contributed by atoms with E-state index in [4.69, 9.17) is 9.47 Å². The Hall–Kier alpha value is -2.04. The Labute approximate surface area is 144 Å². The fraction of sp³-hybridized carbons (Fsp3) is 0.579. The number of rotatable bonds is 2. The second-order valence-electron chi connectivity index (χ2n) is 7.39. The van der Waals surface area contributed by atoms with Crippen molar-refractivity contribution in [1.29, 1.82) is 0 Å². The summed E-state index contributed by atoms with van der Waals surface area (Å²) in [6, 6.07) is 9.64. The summed E-state index contributed by atoms with van der Waals surface area (Å²) in [5.41, 5.74) is 0.751. The summed E-state index contributed by atoms with van der Waals surface area (Å²) in [7, 11) is 1.63. The predicted octanol–water partition coefficient (Wildman–Crippen LogP) is 4.08. The third-order valence-electron chi connectivity index (χ3n) is 4.46. The van der Waals surface area contributed by atoms with E-state index < -0.39 is 0 Å². The first kappa shape index (κ1) is 18.3. The van der Waals surface area contributed by atoms with Crippen LogP contribution in [-0.4, -0.2) is 36.2 Å². The monoisotopic (exact) mass is 332 g/mol. The molecule has 0 radical (unpaired) electrons. The van der Waals surface area contributed by atoms with E-state index in [2.05, 4.69) is 25.8 Å². The van der Waals surface area contributed by atoms with Crippen LogP contribution in [0.1, 0.15) is 40.2 Å². The number of aliphatic imine (C=N–C) groups is 1. The molecule has 0 aromatic heterocycles. The van der Waals surface area contributed by atoms with E-state index in [1.165, 1.54) is 0 Å². The minimum Gasteiger partial charge on any atom is -0.484 e. The molecule has 1 aliphatic rings. The lowest BCUT2D eigenvalue weighted by atomic mass is 9.87. The molecule has 5 nitrogen and oxygen atoms in total. The molecule has 1 heterocycles. The number of methoxy groups -OCH3 is 1. The number of benzene rings is 1. The highest BCUT2D eigenvalue weighted by molar-refractivity contribution is 5.82. The summed E-state index contributed by atoms with van der Waals surface area (Å²) < 4.78 is 11.0. The summed E-state index contributed by atoms with van der Waals surface area (Å²) in [4.78, 5) is 19.2. The van der Waals surface area contributed by atoms with E-state index >= 15 is 0 Å². The van der Waals surface area contributed by atoms with Crippen molar-refractivity contribution in [1.82, 2.24) is 4.90 Å². The van der Waals surface area contributed by atoms with E-state index in [1.807, 2.05) is 44.2 Å². The van der Waals surface area contributed by atoms with E-state index in [9.17, 15) is 4.79 Å². The molecule has 0 aliphatic carbocycles. The highest BCUT2D eigenvalue weighted by Crippen LogP contribution is 2.34. The average molecular weight is 332 g/mol. The number of carbonyl (C=O) groups excluding carboxylic acids is 1. The lowest BCUT2D eigenvalue weighted by Crippen LogP contribution is -2.57. The van der Waals surface area contributed by atoms with E-state index in [0.717, 1.165) is 5.56 Å². The van der Waals surface area contributed by atoms with Crippen molar-refractivity contribution in [3.05, 3.63) is 35.9 Å². The molecule has 1 aromatic carbocycles. The fourth-order valence-corrected chi connectivity index (χ4v) is 2.88. The number of amides is 1. The molecule has 0 spiro atoms. The number of carbonyl (C=O) groups is 1. The third-order valence-corrected chi connectivity index (χ3v) is 4.46. The highest BCUT2D eigenvalue weighted by atomic mass is 16.6. The van der Waals surface area contributed by atoms with Crippen LogP contribution >= 0.6 is 0 Å². The molecule has 0 unspecified atom stereocenters. The Morgan fingerprint density at radius 2 is 1.83 bits per heavy atom. The molecule has 0 bridgehead atoms. The molecule has 0 fully saturated rings. The molecule has 0 N–H and O–H groups in total. The maximum atomic E-state index is 12.8. The Morgan fingerprint density at radius 3 is 2.38 bits per heavy atom. The van der Waals surface area contributed by atoms with Gasteiger partial charge in [-0.15, -0.1) is 0 Å². The predicted molar refractivity (Wildman–Crippen MR) is 94.8 cm³/mol. The minimum atomic E-state index is -0.336. The normalized spacial score (nSPS) is 24.3. The summed E-state index contributed by atoms with van der Waals surface area (Å²) in [5, 5.41) is 0. The summed E-state index contributed by atoms with van der Waals surface area (Å²) in [6.07, 6.45) is -0.654. The van der Waals surface area contributed by atoms with Crippen LogP contribution in [0.5, 0.6) is 0 Å². The van der Waals surface area contributed by atoms with Crippen molar-refractivity contribution in [2.45, 2.75) is 53.4 Å². The van der Waals surface area contributed by atoms with Crippen molar-refractivity contribution >= 4 is 12.0 Å².